The Labute approximate surface area is 89.9 Å². The van der Waals surface area contributed by atoms with E-state index < -0.39 is 0 Å². The van der Waals surface area contributed by atoms with Crippen LogP contribution in [0.4, 0.5) is 0 Å². The molecule has 0 unspecified atom stereocenters. The molecule has 11 heavy (non-hydrogen) atoms. The van der Waals surface area contributed by atoms with Crippen molar-refractivity contribution in [3.8, 4) is 0 Å². The Hall–Kier alpha value is 0.722. The van der Waals surface area contributed by atoms with E-state index in [1.165, 1.54) is 19.3 Å². The molecule has 0 heterocycles. The molecule has 1 aliphatic rings. The molecule has 0 aromatic rings. The number of allylic oxidation sites excluding steroid dienone is 4. The van der Waals surface area contributed by atoms with Gasteiger partial charge in [-0.3, -0.25) is 6.08 Å². The summed E-state index contributed by atoms with van der Waals surface area (Å²) in [5.41, 5.74) is 0. The molecule has 0 aromatic carbocycles. The van der Waals surface area contributed by atoms with E-state index in [-0.39, 0.29) is 12.4 Å². The summed E-state index contributed by atoms with van der Waals surface area (Å²) in [6.45, 7) is 0. The van der Waals surface area contributed by atoms with Gasteiger partial charge in [-0.05, 0) is 0 Å². The van der Waals surface area contributed by atoms with Crippen LogP contribution >= 0.6 is 9.53 Å². The molecule has 0 aliphatic heterocycles. The van der Waals surface area contributed by atoms with Gasteiger partial charge in [-0.2, -0.15) is 6.08 Å². The summed E-state index contributed by atoms with van der Waals surface area (Å²) in [7, 11) is 4.49. The average molecular weight is 285 g/mol. The predicted molar refractivity (Wildman–Crippen MR) is 41.3 cm³/mol. The van der Waals surface area contributed by atoms with Crippen LogP contribution in [0.15, 0.2) is 18.2 Å². The Kier molecular flexibility index (Phi) is 17.3. The summed E-state index contributed by atoms with van der Waals surface area (Å²) in [5.74, 6) is 0. The van der Waals surface area contributed by atoms with Gasteiger partial charge in [-0.15, -0.1) is 6.42 Å². The summed E-state index contributed by atoms with van der Waals surface area (Å²) < 4.78 is 0. The van der Waals surface area contributed by atoms with E-state index in [4.69, 9.17) is 0 Å². The van der Waals surface area contributed by atoms with E-state index in [0.29, 0.717) is 0 Å². The van der Waals surface area contributed by atoms with Crippen LogP contribution in [0.3, 0.4) is 0 Å². The van der Waals surface area contributed by atoms with Crippen molar-refractivity contribution in [2.24, 2.45) is 0 Å². The van der Waals surface area contributed by atoms with Gasteiger partial charge in [0.15, 0.2) is 0 Å². The van der Waals surface area contributed by atoms with Crippen LogP contribution in [-0.2, 0) is 18.2 Å². The summed E-state index contributed by atoms with van der Waals surface area (Å²) in [6.07, 6.45) is 14.5. The Morgan fingerprint density at radius 2 is 2.00 bits per heavy atom. The molecule has 0 amide bonds. The Morgan fingerprint density at radius 3 is 2.73 bits per heavy atom. The van der Waals surface area contributed by atoms with Crippen molar-refractivity contribution in [3.05, 3.63) is 24.3 Å². The van der Waals surface area contributed by atoms with Gasteiger partial charge in [0.05, 0.1) is 0 Å². The maximum atomic E-state index is 4.49. The Morgan fingerprint density at radius 1 is 1.27 bits per heavy atom. The van der Waals surface area contributed by atoms with Crippen LogP contribution in [0.2, 0.25) is 0 Å². The molecule has 1 rings (SSSR count). The molecule has 1 aliphatic carbocycles. The monoisotopic (exact) mass is 283 g/mol. The summed E-state index contributed by atoms with van der Waals surface area (Å²) in [5, 5.41) is 0. The first-order valence-electron chi connectivity index (χ1n) is 3.34. The molecule has 0 N–H and O–H groups in total. The van der Waals surface area contributed by atoms with Crippen molar-refractivity contribution in [1.29, 1.82) is 0 Å². The zero-order valence-electron chi connectivity index (χ0n) is 6.13. The molecule has 0 spiro atoms. The van der Waals surface area contributed by atoms with Crippen molar-refractivity contribution < 1.29 is 30.6 Å². The fourth-order valence-corrected chi connectivity index (χ4v) is 0.805. The van der Waals surface area contributed by atoms with E-state index in [1.54, 1.807) is 0 Å². The third kappa shape index (κ3) is 10.7. The summed E-state index contributed by atoms with van der Waals surface area (Å²) >= 11 is 2.22. The normalized spacial score (nSPS) is 18.1. The van der Waals surface area contributed by atoms with Crippen molar-refractivity contribution in [2.75, 3.05) is 0 Å². The third-order valence-corrected chi connectivity index (χ3v) is 1.29. The van der Waals surface area contributed by atoms with E-state index in [1.807, 2.05) is 6.08 Å². The van der Waals surface area contributed by atoms with E-state index in [9.17, 15) is 0 Å². The molecule has 3 heteroatoms. The standard InChI is InChI=1S/C8H11.2ClH.Pd/c1-2-4-6-8-7-5-3-1;;;/h1-3H,4,6-8H2;2*1H;/q-1;;;+2/p-2/b2-1-;;;. The number of halogens is 2. The molecule has 0 radical (unpaired) electrons. The molecule has 0 aromatic heterocycles. The summed E-state index contributed by atoms with van der Waals surface area (Å²) in [4.78, 5) is 0. The van der Waals surface area contributed by atoms with Crippen LogP contribution in [-0.4, -0.2) is 0 Å². The van der Waals surface area contributed by atoms with Gasteiger partial charge < -0.3 is 12.4 Å². The Balaban J connectivity index is 0. The van der Waals surface area contributed by atoms with Crippen LogP contribution in [0.5, 0.6) is 0 Å². The molecule has 0 fully saturated rings. The van der Waals surface area contributed by atoms with Crippen LogP contribution in [0, 0.1) is 6.08 Å². The first-order chi connectivity index (χ1) is 5.00. The molecular weight excluding hydrogens is 273 g/mol. The van der Waals surface area contributed by atoms with Crippen LogP contribution in [0.1, 0.15) is 25.7 Å². The Bertz CT molecular complexity index is 96.7. The SMILES string of the molecule is [C-]1=C/C=C\CCCC1.[Cl-].[Cl][Pd+]. The predicted octanol–water partition coefficient (Wildman–Crippen LogP) is 0.167. The minimum atomic E-state index is 0. The van der Waals surface area contributed by atoms with Gasteiger partial charge in [-0.25, -0.2) is 12.2 Å². The number of hydrogen-bond donors (Lipinski definition) is 0. The fourth-order valence-electron chi connectivity index (χ4n) is 0.805. The van der Waals surface area contributed by atoms with Gasteiger partial charge >= 0.3 is 27.7 Å². The molecule has 0 bridgehead atoms. The van der Waals surface area contributed by atoms with Crippen molar-refractivity contribution >= 4 is 9.53 Å². The quantitative estimate of drug-likeness (QED) is 0.439. The molecular formula is C8H11Cl2Pd-. The van der Waals surface area contributed by atoms with Crippen LogP contribution in [0.25, 0.3) is 0 Å². The second-order valence-electron chi connectivity index (χ2n) is 2.04. The molecule has 0 saturated heterocycles. The molecule has 68 valence electrons. The zero-order chi connectivity index (χ0) is 7.66. The van der Waals surface area contributed by atoms with Crippen molar-refractivity contribution in [3.63, 3.8) is 0 Å². The van der Waals surface area contributed by atoms with Gasteiger partial charge in [0.1, 0.15) is 0 Å². The molecule has 0 atom stereocenters. The fraction of sp³-hybridized carbons (Fsp3) is 0.500. The molecule has 0 nitrogen and oxygen atoms in total. The van der Waals surface area contributed by atoms with Gasteiger partial charge in [-0.1, -0.05) is 19.3 Å². The third-order valence-electron chi connectivity index (χ3n) is 1.29. The van der Waals surface area contributed by atoms with E-state index in [0.717, 1.165) is 6.42 Å². The van der Waals surface area contributed by atoms with Crippen LogP contribution < -0.4 is 12.4 Å². The second-order valence-corrected chi connectivity index (χ2v) is 2.04. The van der Waals surface area contributed by atoms with Gasteiger partial charge in [0.2, 0.25) is 0 Å². The second kappa shape index (κ2) is 13.3. The zero-order valence-corrected chi connectivity index (χ0v) is 9.20. The first-order valence-corrected chi connectivity index (χ1v) is 5.34. The van der Waals surface area contributed by atoms with E-state index >= 15 is 0 Å². The number of hydrogen-bond acceptors (Lipinski definition) is 0. The maximum absolute atomic E-state index is 4.49. The van der Waals surface area contributed by atoms with E-state index in [2.05, 4.69) is 45.9 Å². The van der Waals surface area contributed by atoms with Gasteiger partial charge in [0, 0.05) is 0 Å². The first kappa shape index (κ1) is 14.3. The topological polar surface area (TPSA) is 0 Å². The summed E-state index contributed by atoms with van der Waals surface area (Å²) in [6, 6.07) is 0. The van der Waals surface area contributed by atoms with Crippen molar-refractivity contribution in [1.82, 2.24) is 0 Å². The molecule has 0 saturated carbocycles. The minimum absolute atomic E-state index is 0. The average Bonchev–Trinajstić information content (AvgIpc) is 1.90. The van der Waals surface area contributed by atoms with Gasteiger partial charge in [0.25, 0.3) is 0 Å². The van der Waals surface area contributed by atoms with Crippen molar-refractivity contribution in [2.45, 2.75) is 25.7 Å². The number of rotatable bonds is 0.